The molecule has 1 rings (SSSR count). The first-order chi connectivity index (χ1) is 9.44. The van der Waals surface area contributed by atoms with Gasteiger partial charge in [-0.2, -0.15) is 5.26 Å². The van der Waals surface area contributed by atoms with E-state index in [0.717, 1.165) is 5.56 Å². The van der Waals surface area contributed by atoms with Gasteiger partial charge >= 0.3 is 7.60 Å². The minimum absolute atomic E-state index is 0.141. The minimum atomic E-state index is -3.18. The van der Waals surface area contributed by atoms with Crippen molar-refractivity contribution in [3.63, 3.8) is 0 Å². The van der Waals surface area contributed by atoms with Gasteiger partial charge in [-0.3, -0.25) is 4.57 Å². The Morgan fingerprint density at radius 3 is 2.40 bits per heavy atom. The highest BCUT2D eigenvalue weighted by Crippen LogP contribution is 2.52. The van der Waals surface area contributed by atoms with Crippen molar-refractivity contribution in [3.8, 4) is 6.07 Å². The van der Waals surface area contributed by atoms with Crippen LogP contribution in [0, 0.1) is 17.2 Å². The summed E-state index contributed by atoms with van der Waals surface area (Å²) in [5, 5.41) is 8.94. The van der Waals surface area contributed by atoms with Crippen LogP contribution in [0.4, 0.5) is 0 Å². The molecule has 0 unspecified atom stereocenters. The van der Waals surface area contributed by atoms with Crippen molar-refractivity contribution >= 4 is 7.60 Å². The summed E-state index contributed by atoms with van der Waals surface area (Å²) >= 11 is 0. The van der Waals surface area contributed by atoms with E-state index in [1.165, 1.54) is 0 Å². The molecule has 0 radical (unpaired) electrons. The second-order valence-corrected chi connectivity index (χ2v) is 6.93. The average molecular weight is 299 g/mol. The van der Waals surface area contributed by atoms with Crippen molar-refractivity contribution in [1.82, 2.24) is 0 Å². The van der Waals surface area contributed by atoms with Gasteiger partial charge in [0.2, 0.25) is 5.76 Å². The fraction of sp³-hybridized carbons (Fsp3) is 0.643. The fourth-order valence-electron chi connectivity index (χ4n) is 1.93. The van der Waals surface area contributed by atoms with Crippen LogP contribution in [0.3, 0.4) is 0 Å². The smallest absolute Gasteiger partial charge is 0.335 e. The topological polar surface area (TPSA) is 72.5 Å². The first-order valence-corrected chi connectivity index (χ1v) is 8.56. The molecule has 6 heteroatoms. The van der Waals surface area contributed by atoms with Crippen LogP contribution in [0.25, 0.3) is 0 Å². The molecule has 20 heavy (non-hydrogen) atoms. The van der Waals surface area contributed by atoms with Gasteiger partial charge in [0.05, 0.1) is 19.4 Å². The summed E-state index contributed by atoms with van der Waals surface area (Å²) in [7, 11) is -3.18. The zero-order valence-electron chi connectivity index (χ0n) is 12.5. The Balaban J connectivity index is 3.02. The highest BCUT2D eigenvalue weighted by atomic mass is 31.2. The second kappa shape index (κ2) is 7.64. The molecule has 0 bridgehead atoms. The van der Waals surface area contributed by atoms with Gasteiger partial charge < -0.3 is 13.5 Å². The third-order valence-electron chi connectivity index (χ3n) is 2.62. The zero-order chi connectivity index (χ0) is 15.2. The van der Waals surface area contributed by atoms with Crippen molar-refractivity contribution in [2.24, 2.45) is 5.92 Å². The normalized spacial score (nSPS) is 11.8. The highest BCUT2D eigenvalue weighted by molar-refractivity contribution is 7.53. The van der Waals surface area contributed by atoms with E-state index in [9.17, 15) is 4.57 Å². The molecule has 0 N–H and O–H groups in total. The first kappa shape index (κ1) is 17.0. The largest absolute Gasteiger partial charge is 0.450 e. The van der Waals surface area contributed by atoms with Crippen LogP contribution in [-0.4, -0.2) is 13.2 Å². The fourth-order valence-corrected chi connectivity index (χ4v) is 3.66. The Kier molecular flexibility index (Phi) is 6.48. The van der Waals surface area contributed by atoms with E-state index in [2.05, 4.69) is 13.8 Å². The number of furan rings is 1. The molecule has 0 atom stereocenters. The van der Waals surface area contributed by atoms with Crippen molar-refractivity contribution in [1.29, 1.82) is 5.26 Å². The average Bonchev–Trinajstić information content (AvgIpc) is 2.71. The van der Waals surface area contributed by atoms with Crippen LogP contribution in [0.5, 0.6) is 0 Å². The van der Waals surface area contributed by atoms with Crippen molar-refractivity contribution in [3.05, 3.63) is 23.2 Å². The van der Waals surface area contributed by atoms with Gasteiger partial charge in [-0.1, -0.05) is 13.8 Å². The summed E-state index contributed by atoms with van der Waals surface area (Å²) in [6, 6.07) is 3.60. The van der Waals surface area contributed by atoms with E-state index in [0.29, 0.717) is 31.3 Å². The van der Waals surface area contributed by atoms with Crippen LogP contribution in [0.2, 0.25) is 0 Å². The summed E-state index contributed by atoms with van der Waals surface area (Å²) < 4.78 is 28.6. The molecule has 1 aromatic rings. The molecule has 112 valence electrons. The quantitative estimate of drug-likeness (QED) is 0.675. The summed E-state index contributed by atoms with van der Waals surface area (Å²) in [6.45, 7) is 8.30. The number of hydrogen-bond donors (Lipinski definition) is 0. The van der Waals surface area contributed by atoms with Crippen molar-refractivity contribution in [2.45, 2.75) is 40.3 Å². The Morgan fingerprint density at radius 1 is 1.35 bits per heavy atom. The highest BCUT2D eigenvalue weighted by Gasteiger charge is 2.27. The van der Waals surface area contributed by atoms with Crippen LogP contribution < -0.4 is 0 Å². The van der Waals surface area contributed by atoms with E-state index in [-0.39, 0.29) is 11.9 Å². The maximum Gasteiger partial charge on any atom is 0.335 e. The second-order valence-electron chi connectivity index (χ2n) is 4.87. The molecule has 1 aromatic heterocycles. The van der Waals surface area contributed by atoms with E-state index in [1.54, 1.807) is 19.9 Å². The third-order valence-corrected chi connectivity index (χ3v) is 4.65. The molecule has 0 aliphatic carbocycles. The van der Waals surface area contributed by atoms with Gasteiger partial charge in [-0.25, -0.2) is 0 Å². The number of nitrogens with zero attached hydrogens (tertiary/aromatic N) is 1. The number of nitriles is 1. The molecule has 0 saturated carbocycles. The molecule has 0 amide bonds. The van der Waals surface area contributed by atoms with Crippen molar-refractivity contribution in [2.75, 3.05) is 13.2 Å². The van der Waals surface area contributed by atoms with Gasteiger partial charge in [0, 0.05) is 12.0 Å². The summed E-state index contributed by atoms with van der Waals surface area (Å²) in [5.41, 5.74) is 0.737. The molecule has 0 fully saturated rings. The van der Waals surface area contributed by atoms with E-state index in [4.69, 9.17) is 18.7 Å². The van der Waals surface area contributed by atoms with Gasteiger partial charge in [-0.05, 0) is 25.8 Å². The lowest BCUT2D eigenvalue weighted by atomic mass is 10.1. The lowest BCUT2D eigenvalue weighted by Crippen LogP contribution is -2.01. The molecule has 0 aromatic carbocycles. The van der Waals surface area contributed by atoms with E-state index < -0.39 is 7.60 Å². The Labute approximate surface area is 120 Å². The molecule has 0 aliphatic heterocycles. The summed E-state index contributed by atoms with van der Waals surface area (Å²) in [4.78, 5) is 0. The maximum atomic E-state index is 12.5. The Bertz CT molecular complexity index is 506. The van der Waals surface area contributed by atoms with Crippen molar-refractivity contribution < 1.29 is 18.0 Å². The molecule has 0 saturated heterocycles. The van der Waals surface area contributed by atoms with Gasteiger partial charge in [0.1, 0.15) is 11.8 Å². The predicted molar refractivity (Wildman–Crippen MR) is 76.5 cm³/mol. The predicted octanol–water partition coefficient (Wildman–Crippen LogP) is 4.12. The van der Waals surface area contributed by atoms with E-state index in [1.807, 2.05) is 6.07 Å². The molecule has 5 nitrogen and oxygen atoms in total. The van der Waals surface area contributed by atoms with Crippen LogP contribution >= 0.6 is 7.60 Å². The maximum absolute atomic E-state index is 12.5. The van der Waals surface area contributed by atoms with Crippen LogP contribution in [0.1, 0.15) is 44.8 Å². The zero-order valence-corrected chi connectivity index (χ0v) is 13.4. The number of hydrogen-bond acceptors (Lipinski definition) is 5. The summed E-state index contributed by atoms with van der Waals surface area (Å²) in [6.07, 6.45) is 0.831. The van der Waals surface area contributed by atoms with Crippen LogP contribution in [-0.2, 0) is 26.2 Å². The monoisotopic (exact) mass is 299 g/mol. The lowest BCUT2D eigenvalue weighted by Gasteiger charge is -2.17. The molecular formula is C14H22NO4P. The van der Waals surface area contributed by atoms with Crippen LogP contribution in [0.15, 0.2) is 10.5 Å². The Hall–Kier alpha value is -1.08. The third kappa shape index (κ3) is 4.79. The lowest BCUT2D eigenvalue weighted by molar-refractivity contribution is 0.219. The molecule has 0 aliphatic rings. The Morgan fingerprint density at radius 2 is 1.95 bits per heavy atom. The summed E-state index contributed by atoms with van der Waals surface area (Å²) in [5.74, 6) is 1.30. The minimum Gasteiger partial charge on any atom is -0.450 e. The van der Waals surface area contributed by atoms with E-state index >= 15 is 0 Å². The standard InChI is InChI=1S/C14H22NO4P/c1-5-17-20(16,18-6-2)10-12-8-13(9-15)19-14(12)7-11(3)4/h8,11H,5-7,10H2,1-4H3. The van der Waals surface area contributed by atoms with Gasteiger partial charge in [0.15, 0.2) is 0 Å². The molecule has 0 spiro atoms. The molecule has 1 heterocycles. The molecular weight excluding hydrogens is 277 g/mol. The van der Waals surface area contributed by atoms with Gasteiger partial charge in [0.25, 0.3) is 0 Å². The first-order valence-electron chi connectivity index (χ1n) is 6.83. The SMILES string of the molecule is CCOP(=O)(Cc1cc(C#N)oc1CC(C)C)OCC. The number of rotatable bonds is 8. The van der Waals surface area contributed by atoms with Gasteiger partial charge in [-0.15, -0.1) is 0 Å².